The fraction of sp³-hybridized carbons (Fsp3) is 0.455. The number of ether oxygens (including phenoxy) is 1. The Morgan fingerprint density at radius 1 is 1.38 bits per heavy atom. The van der Waals surface area contributed by atoms with E-state index in [0.717, 1.165) is 18.8 Å². The maximum atomic E-state index is 5.58. The van der Waals surface area contributed by atoms with Crippen LogP contribution in [0.3, 0.4) is 0 Å². The first-order valence-electron chi connectivity index (χ1n) is 4.51. The summed E-state index contributed by atoms with van der Waals surface area (Å²) in [5.74, 6) is 2.16. The Balaban J connectivity index is 2.28. The zero-order chi connectivity index (χ0) is 9.52. The Morgan fingerprint density at radius 2 is 2.23 bits per heavy atom. The summed E-state index contributed by atoms with van der Waals surface area (Å²) in [6, 6.07) is 8.18. The van der Waals surface area contributed by atoms with Gasteiger partial charge >= 0.3 is 0 Å². The van der Waals surface area contributed by atoms with Crippen molar-refractivity contribution in [2.75, 3.05) is 18.6 Å². The van der Waals surface area contributed by atoms with Gasteiger partial charge in [-0.05, 0) is 43.0 Å². The zero-order valence-electron chi connectivity index (χ0n) is 8.25. The van der Waals surface area contributed by atoms with E-state index in [1.165, 1.54) is 11.3 Å². The molecule has 13 heavy (non-hydrogen) atoms. The van der Waals surface area contributed by atoms with Crippen molar-refractivity contribution in [3.63, 3.8) is 0 Å². The van der Waals surface area contributed by atoms with Crippen LogP contribution in [0.5, 0.6) is 5.75 Å². The van der Waals surface area contributed by atoms with Crippen LogP contribution in [0.4, 0.5) is 0 Å². The van der Waals surface area contributed by atoms with E-state index in [-0.39, 0.29) is 0 Å². The quantitative estimate of drug-likeness (QED) is 0.669. The van der Waals surface area contributed by atoms with Gasteiger partial charge in [0.2, 0.25) is 0 Å². The van der Waals surface area contributed by atoms with Gasteiger partial charge in [-0.15, -0.1) is 0 Å². The van der Waals surface area contributed by atoms with Crippen LogP contribution in [0.2, 0.25) is 0 Å². The Hall–Kier alpha value is -0.630. The van der Waals surface area contributed by atoms with E-state index in [0.29, 0.717) is 0 Å². The van der Waals surface area contributed by atoms with Gasteiger partial charge in [0.15, 0.2) is 0 Å². The van der Waals surface area contributed by atoms with Crippen LogP contribution in [0.1, 0.15) is 12.0 Å². The summed E-state index contributed by atoms with van der Waals surface area (Å²) in [6.45, 7) is 2.90. The molecular formula is C11H16OS. The van der Waals surface area contributed by atoms with Gasteiger partial charge < -0.3 is 4.74 Å². The fourth-order valence-electron chi connectivity index (χ4n) is 1.10. The highest BCUT2D eigenvalue weighted by Gasteiger charge is 1.92. The van der Waals surface area contributed by atoms with E-state index in [4.69, 9.17) is 4.74 Å². The molecule has 1 rings (SSSR count). The third-order valence-electron chi connectivity index (χ3n) is 1.75. The minimum atomic E-state index is 0.824. The summed E-state index contributed by atoms with van der Waals surface area (Å²) in [6.07, 6.45) is 3.24. The second-order valence-electron chi connectivity index (χ2n) is 3.01. The molecule has 1 aromatic rings. The lowest BCUT2D eigenvalue weighted by molar-refractivity contribution is 0.318. The van der Waals surface area contributed by atoms with Crippen LogP contribution in [-0.4, -0.2) is 18.6 Å². The van der Waals surface area contributed by atoms with Gasteiger partial charge in [0.25, 0.3) is 0 Å². The van der Waals surface area contributed by atoms with E-state index in [1.807, 2.05) is 23.9 Å². The topological polar surface area (TPSA) is 9.23 Å². The molecular weight excluding hydrogens is 180 g/mol. The average Bonchev–Trinajstić information content (AvgIpc) is 2.13. The summed E-state index contributed by atoms with van der Waals surface area (Å²) < 4.78 is 5.58. The van der Waals surface area contributed by atoms with Crippen molar-refractivity contribution in [1.82, 2.24) is 0 Å². The van der Waals surface area contributed by atoms with Crippen LogP contribution in [0.15, 0.2) is 24.3 Å². The minimum absolute atomic E-state index is 0.824. The molecule has 0 spiro atoms. The number of rotatable bonds is 5. The lowest BCUT2D eigenvalue weighted by atomic mass is 10.2. The highest BCUT2D eigenvalue weighted by molar-refractivity contribution is 7.98. The fourth-order valence-corrected chi connectivity index (χ4v) is 1.50. The SMILES string of the molecule is CSCCCOc1cccc(C)c1. The highest BCUT2D eigenvalue weighted by atomic mass is 32.2. The summed E-state index contributed by atoms with van der Waals surface area (Å²) in [5.41, 5.74) is 1.25. The van der Waals surface area contributed by atoms with Crippen LogP contribution >= 0.6 is 11.8 Å². The second kappa shape index (κ2) is 5.92. The number of benzene rings is 1. The molecule has 0 unspecified atom stereocenters. The standard InChI is InChI=1S/C11H16OS/c1-10-5-3-6-11(9-10)12-7-4-8-13-2/h3,5-6,9H,4,7-8H2,1-2H3. The Bertz CT molecular complexity index is 248. The minimum Gasteiger partial charge on any atom is -0.494 e. The van der Waals surface area contributed by atoms with Crippen molar-refractivity contribution in [3.05, 3.63) is 29.8 Å². The molecule has 0 atom stereocenters. The molecule has 0 bridgehead atoms. The molecule has 1 nitrogen and oxygen atoms in total. The highest BCUT2D eigenvalue weighted by Crippen LogP contribution is 2.12. The smallest absolute Gasteiger partial charge is 0.119 e. The van der Waals surface area contributed by atoms with Crippen molar-refractivity contribution < 1.29 is 4.74 Å². The molecule has 72 valence electrons. The Morgan fingerprint density at radius 3 is 2.92 bits per heavy atom. The van der Waals surface area contributed by atoms with Crippen molar-refractivity contribution in [2.24, 2.45) is 0 Å². The van der Waals surface area contributed by atoms with Gasteiger partial charge in [0, 0.05) is 0 Å². The monoisotopic (exact) mass is 196 g/mol. The normalized spacial score (nSPS) is 10.0. The Labute approximate surface area is 84.5 Å². The zero-order valence-corrected chi connectivity index (χ0v) is 9.06. The van der Waals surface area contributed by atoms with E-state index in [2.05, 4.69) is 25.3 Å². The van der Waals surface area contributed by atoms with Gasteiger partial charge in [0.05, 0.1) is 6.61 Å². The van der Waals surface area contributed by atoms with Crippen LogP contribution in [0, 0.1) is 6.92 Å². The maximum absolute atomic E-state index is 5.58. The lowest BCUT2D eigenvalue weighted by Crippen LogP contribution is -1.98. The molecule has 1 aromatic carbocycles. The van der Waals surface area contributed by atoms with Crippen LogP contribution in [0.25, 0.3) is 0 Å². The number of aryl methyl sites for hydroxylation is 1. The third kappa shape index (κ3) is 4.23. The van der Waals surface area contributed by atoms with Gasteiger partial charge in [-0.1, -0.05) is 12.1 Å². The summed E-state index contributed by atoms with van der Waals surface area (Å²) in [5, 5.41) is 0. The van der Waals surface area contributed by atoms with Crippen molar-refractivity contribution in [3.8, 4) is 5.75 Å². The van der Waals surface area contributed by atoms with Crippen molar-refractivity contribution in [2.45, 2.75) is 13.3 Å². The molecule has 0 aliphatic rings. The van der Waals surface area contributed by atoms with Gasteiger partial charge in [-0.2, -0.15) is 11.8 Å². The number of hydrogen-bond donors (Lipinski definition) is 0. The molecule has 0 aliphatic carbocycles. The molecule has 0 amide bonds. The second-order valence-corrected chi connectivity index (χ2v) is 4.00. The summed E-state index contributed by atoms with van der Waals surface area (Å²) >= 11 is 1.86. The predicted octanol–water partition coefficient (Wildman–Crippen LogP) is 3.13. The number of thioether (sulfide) groups is 1. The molecule has 0 aromatic heterocycles. The van der Waals surface area contributed by atoms with E-state index < -0.39 is 0 Å². The molecule has 0 saturated heterocycles. The average molecular weight is 196 g/mol. The van der Waals surface area contributed by atoms with Crippen LogP contribution < -0.4 is 4.74 Å². The van der Waals surface area contributed by atoms with Gasteiger partial charge in [0.1, 0.15) is 5.75 Å². The van der Waals surface area contributed by atoms with Crippen molar-refractivity contribution in [1.29, 1.82) is 0 Å². The lowest BCUT2D eigenvalue weighted by Gasteiger charge is -2.05. The van der Waals surface area contributed by atoms with Gasteiger partial charge in [-0.3, -0.25) is 0 Å². The first-order chi connectivity index (χ1) is 6.33. The summed E-state index contributed by atoms with van der Waals surface area (Å²) in [4.78, 5) is 0. The first-order valence-corrected chi connectivity index (χ1v) is 5.90. The molecule has 0 saturated carbocycles. The third-order valence-corrected chi connectivity index (χ3v) is 2.45. The molecule has 0 fully saturated rings. The van der Waals surface area contributed by atoms with E-state index in [9.17, 15) is 0 Å². The molecule has 0 heterocycles. The molecule has 0 aliphatic heterocycles. The summed E-state index contributed by atoms with van der Waals surface area (Å²) in [7, 11) is 0. The first kappa shape index (κ1) is 10.5. The Kier molecular flexibility index (Phi) is 4.76. The molecule has 2 heteroatoms. The van der Waals surface area contributed by atoms with Crippen molar-refractivity contribution >= 4 is 11.8 Å². The van der Waals surface area contributed by atoms with E-state index >= 15 is 0 Å². The largest absolute Gasteiger partial charge is 0.494 e. The maximum Gasteiger partial charge on any atom is 0.119 e. The number of hydrogen-bond acceptors (Lipinski definition) is 2. The van der Waals surface area contributed by atoms with Crippen LogP contribution in [-0.2, 0) is 0 Å². The molecule has 0 radical (unpaired) electrons. The van der Waals surface area contributed by atoms with E-state index in [1.54, 1.807) is 0 Å². The predicted molar refractivity (Wildman–Crippen MR) is 59.7 cm³/mol. The molecule has 0 N–H and O–H groups in total. The van der Waals surface area contributed by atoms with Gasteiger partial charge in [-0.25, -0.2) is 0 Å².